The molecule has 0 aliphatic heterocycles. The average Bonchev–Trinajstić information content (AvgIpc) is 2.41. The highest BCUT2D eigenvalue weighted by Gasteiger charge is 2.09. The Bertz CT molecular complexity index is 614. The SMILES string of the molecule is CCOc1ccc(Nc2cccc(Cl)c2C(N)=S)cc1. The van der Waals surface area contributed by atoms with E-state index in [4.69, 9.17) is 34.3 Å². The molecule has 0 aliphatic rings. The van der Waals surface area contributed by atoms with Gasteiger partial charge in [0.1, 0.15) is 10.7 Å². The third-order valence-electron chi connectivity index (χ3n) is 2.70. The minimum Gasteiger partial charge on any atom is -0.494 e. The van der Waals surface area contributed by atoms with Crippen LogP contribution in [0.25, 0.3) is 0 Å². The quantitative estimate of drug-likeness (QED) is 0.816. The molecule has 0 amide bonds. The van der Waals surface area contributed by atoms with Crippen LogP contribution in [0.4, 0.5) is 11.4 Å². The van der Waals surface area contributed by atoms with Gasteiger partial charge < -0.3 is 15.8 Å². The van der Waals surface area contributed by atoms with Gasteiger partial charge in [-0.15, -0.1) is 0 Å². The van der Waals surface area contributed by atoms with Crippen LogP contribution < -0.4 is 15.8 Å². The molecule has 0 aromatic heterocycles. The van der Waals surface area contributed by atoms with Crippen LogP contribution in [0.2, 0.25) is 5.02 Å². The molecular formula is C15H15ClN2OS. The maximum absolute atomic E-state index is 6.13. The van der Waals surface area contributed by atoms with E-state index in [2.05, 4.69) is 5.32 Å². The fraction of sp³-hybridized carbons (Fsp3) is 0.133. The summed E-state index contributed by atoms with van der Waals surface area (Å²) in [4.78, 5) is 0.268. The summed E-state index contributed by atoms with van der Waals surface area (Å²) in [6, 6.07) is 13.1. The molecule has 2 aromatic rings. The van der Waals surface area contributed by atoms with Crippen molar-refractivity contribution in [1.82, 2.24) is 0 Å². The maximum atomic E-state index is 6.13. The molecule has 2 rings (SSSR count). The Kier molecular flexibility index (Phi) is 4.82. The van der Waals surface area contributed by atoms with Gasteiger partial charge in [0.05, 0.1) is 22.9 Å². The van der Waals surface area contributed by atoms with E-state index in [1.807, 2.05) is 43.3 Å². The standard InChI is InChI=1S/C15H15ClN2OS/c1-2-19-11-8-6-10(7-9-11)18-13-5-3-4-12(16)14(13)15(17)20/h3-9,18H,2H2,1H3,(H2,17,20). The Morgan fingerprint density at radius 2 is 1.95 bits per heavy atom. The normalized spacial score (nSPS) is 10.1. The summed E-state index contributed by atoms with van der Waals surface area (Å²) in [6.45, 7) is 2.60. The number of hydrogen-bond acceptors (Lipinski definition) is 3. The van der Waals surface area contributed by atoms with Gasteiger partial charge in [0.2, 0.25) is 0 Å². The monoisotopic (exact) mass is 306 g/mol. The Morgan fingerprint density at radius 3 is 2.55 bits per heavy atom. The van der Waals surface area contributed by atoms with Gasteiger partial charge in [-0.05, 0) is 43.3 Å². The number of thiocarbonyl (C=S) groups is 1. The summed E-state index contributed by atoms with van der Waals surface area (Å²) in [6.07, 6.45) is 0. The van der Waals surface area contributed by atoms with Crippen molar-refractivity contribution in [2.24, 2.45) is 5.73 Å². The summed E-state index contributed by atoms with van der Waals surface area (Å²) >= 11 is 11.2. The van der Waals surface area contributed by atoms with Crippen LogP contribution in [0.15, 0.2) is 42.5 Å². The van der Waals surface area contributed by atoms with E-state index in [-0.39, 0.29) is 4.99 Å². The van der Waals surface area contributed by atoms with Gasteiger partial charge in [0, 0.05) is 5.69 Å². The van der Waals surface area contributed by atoms with Crippen molar-refractivity contribution in [3.8, 4) is 5.75 Å². The Balaban J connectivity index is 2.26. The number of halogens is 1. The van der Waals surface area contributed by atoms with E-state index in [1.54, 1.807) is 6.07 Å². The fourth-order valence-corrected chi connectivity index (χ4v) is 2.39. The van der Waals surface area contributed by atoms with E-state index < -0.39 is 0 Å². The van der Waals surface area contributed by atoms with Crippen LogP contribution in [-0.2, 0) is 0 Å². The van der Waals surface area contributed by atoms with Gasteiger partial charge >= 0.3 is 0 Å². The zero-order chi connectivity index (χ0) is 14.5. The van der Waals surface area contributed by atoms with Crippen LogP contribution in [0.5, 0.6) is 5.75 Å². The highest BCUT2D eigenvalue weighted by molar-refractivity contribution is 7.80. The van der Waals surface area contributed by atoms with E-state index in [0.29, 0.717) is 17.2 Å². The lowest BCUT2D eigenvalue weighted by Crippen LogP contribution is -2.12. The molecule has 3 N–H and O–H groups in total. The first-order valence-electron chi connectivity index (χ1n) is 6.20. The average molecular weight is 307 g/mol. The molecular weight excluding hydrogens is 292 g/mol. The van der Waals surface area contributed by atoms with Gasteiger partial charge in [-0.2, -0.15) is 0 Å². The fourth-order valence-electron chi connectivity index (χ4n) is 1.84. The Labute approximate surface area is 128 Å². The van der Waals surface area contributed by atoms with Gasteiger partial charge in [-0.3, -0.25) is 0 Å². The van der Waals surface area contributed by atoms with Gasteiger partial charge in [0.15, 0.2) is 0 Å². The number of hydrogen-bond donors (Lipinski definition) is 2. The topological polar surface area (TPSA) is 47.3 Å². The third-order valence-corrected chi connectivity index (χ3v) is 3.22. The molecule has 0 spiro atoms. The van der Waals surface area contributed by atoms with E-state index in [9.17, 15) is 0 Å². The van der Waals surface area contributed by atoms with Crippen molar-refractivity contribution >= 4 is 40.2 Å². The van der Waals surface area contributed by atoms with Crippen LogP contribution >= 0.6 is 23.8 Å². The van der Waals surface area contributed by atoms with E-state index in [1.165, 1.54) is 0 Å². The van der Waals surface area contributed by atoms with Crippen molar-refractivity contribution in [2.75, 3.05) is 11.9 Å². The number of nitrogens with one attached hydrogen (secondary N) is 1. The van der Waals surface area contributed by atoms with Crippen molar-refractivity contribution in [2.45, 2.75) is 6.92 Å². The van der Waals surface area contributed by atoms with Gasteiger partial charge in [0.25, 0.3) is 0 Å². The molecule has 2 aromatic carbocycles. The van der Waals surface area contributed by atoms with Crippen molar-refractivity contribution in [3.63, 3.8) is 0 Å². The molecule has 0 radical (unpaired) electrons. The smallest absolute Gasteiger partial charge is 0.119 e. The molecule has 104 valence electrons. The number of rotatable bonds is 5. The zero-order valence-electron chi connectivity index (χ0n) is 11.0. The summed E-state index contributed by atoms with van der Waals surface area (Å²) in [5.41, 5.74) is 8.07. The second-order valence-electron chi connectivity index (χ2n) is 4.11. The second-order valence-corrected chi connectivity index (χ2v) is 4.96. The molecule has 0 fully saturated rings. The van der Waals surface area contributed by atoms with E-state index in [0.717, 1.165) is 17.1 Å². The lowest BCUT2D eigenvalue weighted by molar-refractivity contribution is 0.340. The minimum atomic E-state index is 0.268. The number of nitrogens with two attached hydrogens (primary N) is 1. The first-order valence-corrected chi connectivity index (χ1v) is 6.98. The van der Waals surface area contributed by atoms with Crippen LogP contribution in [0.3, 0.4) is 0 Å². The molecule has 0 aliphatic carbocycles. The summed E-state index contributed by atoms with van der Waals surface area (Å²) in [5.74, 6) is 0.832. The van der Waals surface area contributed by atoms with Crippen LogP contribution in [0.1, 0.15) is 12.5 Å². The summed E-state index contributed by atoms with van der Waals surface area (Å²) in [7, 11) is 0. The number of anilines is 2. The highest BCUT2D eigenvalue weighted by atomic mass is 35.5. The molecule has 0 saturated heterocycles. The zero-order valence-corrected chi connectivity index (χ0v) is 12.6. The first-order chi connectivity index (χ1) is 9.61. The third kappa shape index (κ3) is 3.40. The van der Waals surface area contributed by atoms with Gasteiger partial charge in [-0.1, -0.05) is 29.9 Å². The molecule has 5 heteroatoms. The molecule has 0 heterocycles. The van der Waals surface area contributed by atoms with Crippen molar-refractivity contribution < 1.29 is 4.74 Å². The molecule has 3 nitrogen and oxygen atoms in total. The first kappa shape index (κ1) is 14.6. The van der Waals surface area contributed by atoms with Crippen molar-refractivity contribution in [1.29, 1.82) is 0 Å². The molecule has 0 saturated carbocycles. The lowest BCUT2D eigenvalue weighted by atomic mass is 10.1. The summed E-state index contributed by atoms with van der Waals surface area (Å²) < 4.78 is 5.40. The predicted molar refractivity (Wildman–Crippen MR) is 88.2 cm³/mol. The van der Waals surface area contributed by atoms with E-state index >= 15 is 0 Å². The Hall–Kier alpha value is -1.78. The van der Waals surface area contributed by atoms with Crippen LogP contribution in [0, 0.1) is 0 Å². The van der Waals surface area contributed by atoms with Crippen LogP contribution in [-0.4, -0.2) is 11.6 Å². The highest BCUT2D eigenvalue weighted by Crippen LogP contribution is 2.27. The maximum Gasteiger partial charge on any atom is 0.119 e. The molecule has 0 atom stereocenters. The summed E-state index contributed by atoms with van der Waals surface area (Å²) in [5, 5.41) is 3.79. The largest absolute Gasteiger partial charge is 0.494 e. The Morgan fingerprint density at radius 1 is 1.25 bits per heavy atom. The number of ether oxygens (including phenoxy) is 1. The molecule has 0 unspecified atom stereocenters. The molecule has 20 heavy (non-hydrogen) atoms. The second kappa shape index (κ2) is 6.59. The predicted octanol–water partition coefficient (Wildman–Crippen LogP) is 4.12. The van der Waals surface area contributed by atoms with Gasteiger partial charge in [-0.25, -0.2) is 0 Å². The lowest BCUT2D eigenvalue weighted by Gasteiger charge is -2.13. The number of benzene rings is 2. The minimum absolute atomic E-state index is 0.268. The van der Waals surface area contributed by atoms with Crippen molar-refractivity contribution in [3.05, 3.63) is 53.1 Å². The molecule has 0 bridgehead atoms.